The van der Waals surface area contributed by atoms with E-state index in [9.17, 15) is 4.79 Å². The van der Waals surface area contributed by atoms with E-state index in [1.165, 1.54) is 12.8 Å². The van der Waals surface area contributed by atoms with Crippen LogP contribution in [0.5, 0.6) is 0 Å². The van der Waals surface area contributed by atoms with E-state index in [-0.39, 0.29) is 0 Å². The summed E-state index contributed by atoms with van der Waals surface area (Å²) >= 11 is 0. The Labute approximate surface area is 73.6 Å². The third kappa shape index (κ3) is 3.18. The maximum atomic E-state index is 10.2. The number of ether oxygens (including phenoxy) is 1. The minimum atomic E-state index is 0.325. The second-order valence-corrected chi connectivity index (χ2v) is 3.31. The summed E-state index contributed by atoms with van der Waals surface area (Å²) in [5, 5.41) is 0. The molecule has 1 heterocycles. The van der Waals surface area contributed by atoms with Gasteiger partial charge in [-0.1, -0.05) is 12.2 Å². The highest BCUT2D eigenvalue weighted by Crippen LogP contribution is 2.19. The number of hydrogen-bond acceptors (Lipinski definition) is 2. The SMILES string of the molecule is C=C(CC=O)CC1CCCCO1. The molecule has 1 unspecified atom stereocenters. The molecule has 1 rings (SSSR count). The number of rotatable bonds is 4. The summed E-state index contributed by atoms with van der Waals surface area (Å²) in [6.07, 6.45) is 6.13. The number of carbonyl (C=O) groups excluding carboxylic acids is 1. The molecule has 0 radical (unpaired) electrons. The Balaban J connectivity index is 2.19. The molecule has 0 spiro atoms. The van der Waals surface area contributed by atoms with Crippen LogP contribution in [-0.2, 0) is 9.53 Å². The minimum Gasteiger partial charge on any atom is -0.378 e. The van der Waals surface area contributed by atoms with E-state index in [2.05, 4.69) is 6.58 Å². The Morgan fingerprint density at radius 1 is 1.58 bits per heavy atom. The minimum absolute atomic E-state index is 0.325. The topological polar surface area (TPSA) is 26.3 Å². The van der Waals surface area contributed by atoms with Crippen LogP contribution in [-0.4, -0.2) is 19.0 Å². The number of hydrogen-bond donors (Lipinski definition) is 0. The van der Waals surface area contributed by atoms with Crippen LogP contribution in [0.15, 0.2) is 12.2 Å². The normalized spacial score (nSPS) is 23.5. The van der Waals surface area contributed by atoms with Gasteiger partial charge in [-0.15, -0.1) is 0 Å². The van der Waals surface area contributed by atoms with Gasteiger partial charge >= 0.3 is 0 Å². The van der Waals surface area contributed by atoms with Crippen molar-refractivity contribution in [2.45, 2.75) is 38.2 Å². The zero-order chi connectivity index (χ0) is 8.81. The maximum Gasteiger partial charge on any atom is 0.124 e. The Kier molecular flexibility index (Phi) is 4.01. The summed E-state index contributed by atoms with van der Waals surface area (Å²) in [6.45, 7) is 4.70. The van der Waals surface area contributed by atoms with Crippen LogP contribution >= 0.6 is 0 Å². The van der Waals surface area contributed by atoms with Gasteiger partial charge in [0, 0.05) is 13.0 Å². The molecule has 1 fully saturated rings. The fourth-order valence-electron chi connectivity index (χ4n) is 1.49. The largest absolute Gasteiger partial charge is 0.378 e. The Morgan fingerprint density at radius 3 is 3.00 bits per heavy atom. The maximum absolute atomic E-state index is 10.2. The van der Waals surface area contributed by atoms with Gasteiger partial charge in [0.15, 0.2) is 0 Å². The molecule has 0 amide bonds. The van der Waals surface area contributed by atoms with Gasteiger partial charge in [0.05, 0.1) is 6.10 Å². The highest BCUT2D eigenvalue weighted by atomic mass is 16.5. The first-order valence-corrected chi connectivity index (χ1v) is 4.55. The molecule has 0 bridgehead atoms. The zero-order valence-corrected chi connectivity index (χ0v) is 7.42. The third-order valence-electron chi connectivity index (χ3n) is 2.16. The Hall–Kier alpha value is -0.630. The second-order valence-electron chi connectivity index (χ2n) is 3.31. The molecule has 0 aliphatic carbocycles. The van der Waals surface area contributed by atoms with Crippen molar-refractivity contribution >= 4 is 6.29 Å². The highest BCUT2D eigenvalue weighted by molar-refractivity contribution is 5.53. The van der Waals surface area contributed by atoms with Gasteiger partial charge in [-0.05, 0) is 25.7 Å². The molecule has 12 heavy (non-hydrogen) atoms. The van der Waals surface area contributed by atoms with Crippen LogP contribution in [0.25, 0.3) is 0 Å². The first kappa shape index (κ1) is 9.46. The Bertz CT molecular complexity index is 157. The first-order chi connectivity index (χ1) is 5.83. The second kappa shape index (κ2) is 5.09. The molecule has 0 aromatic heterocycles. The van der Waals surface area contributed by atoms with Crippen molar-refractivity contribution in [3.8, 4) is 0 Å². The summed E-state index contributed by atoms with van der Waals surface area (Å²) < 4.78 is 5.52. The molecule has 1 atom stereocenters. The molecule has 0 N–H and O–H groups in total. The molecular formula is C10H16O2. The van der Waals surface area contributed by atoms with Gasteiger partial charge < -0.3 is 9.53 Å². The lowest BCUT2D eigenvalue weighted by Gasteiger charge is -2.22. The molecule has 1 saturated heterocycles. The van der Waals surface area contributed by atoms with Crippen LogP contribution < -0.4 is 0 Å². The van der Waals surface area contributed by atoms with Crippen molar-refractivity contribution in [3.63, 3.8) is 0 Å². The number of carbonyl (C=O) groups is 1. The average molecular weight is 168 g/mol. The molecule has 0 aromatic rings. The van der Waals surface area contributed by atoms with E-state index < -0.39 is 0 Å². The Morgan fingerprint density at radius 2 is 2.42 bits per heavy atom. The van der Waals surface area contributed by atoms with Gasteiger partial charge in [0.1, 0.15) is 6.29 Å². The lowest BCUT2D eigenvalue weighted by molar-refractivity contribution is -0.107. The lowest BCUT2D eigenvalue weighted by Crippen LogP contribution is -2.19. The van der Waals surface area contributed by atoms with Gasteiger partial charge in [-0.2, -0.15) is 0 Å². The van der Waals surface area contributed by atoms with Crippen molar-refractivity contribution in [1.82, 2.24) is 0 Å². The van der Waals surface area contributed by atoms with E-state index in [0.717, 1.165) is 31.3 Å². The van der Waals surface area contributed by atoms with Crippen LogP contribution in [0.4, 0.5) is 0 Å². The van der Waals surface area contributed by atoms with E-state index in [4.69, 9.17) is 4.74 Å². The van der Waals surface area contributed by atoms with Crippen molar-refractivity contribution in [3.05, 3.63) is 12.2 Å². The summed E-state index contributed by atoms with van der Waals surface area (Å²) in [5.41, 5.74) is 0.997. The van der Waals surface area contributed by atoms with Gasteiger partial charge in [0.2, 0.25) is 0 Å². The third-order valence-corrected chi connectivity index (χ3v) is 2.16. The van der Waals surface area contributed by atoms with Crippen molar-refractivity contribution in [1.29, 1.82) is 0 Å². The lowest BCUT2D eigenvalue weighted by atomic mass is 10.0. The number of aldehydes is 1. The van der Waals surface area contributed by atoms with Gasteiger partial charge in [0.25, 0.3) is 0 Å². The molecule has 0 aromatic carbocycles. The molecule has 0 saturated carbocycles. The van der Waals surface area contributed by atoms with Crippen LogP contribution in [0.2, 0.25) is 0 Å². The van der Waals surface area contributed by atoms with Gasteiger partial charge in [-0.25, -0.2) is 0 Å². The van der Waals surface area contributed by atoms with Crippen LogP contribution in [0, 0.1) is 0 Å². The van der Waals surface area contributed by atoms with Gasteiger partial charge in [-0.3, -0.25) is 0 Å². The molecule has 2 nitrogen and oxygen atoms in total. The molecule has 1 aliphatic heterocycles. The average Bonchev–Trinajstić information content (AvgIpc) is 2.06. The fraction of sp³-hybridized carbons (Fsp3) is 0.700. The fourth-order valence-corrected chi connectivity index (χ4v) is 1.49. The van der Waals surface area contributed by atoms with Crippen LogP contribution in [0.1, 0.15) is 32.1 Å². The predicted molar refractivity (Wildman–Crippen MR) is 48.0 cm³/mol. The van der Waals surface area contributed by atoms with Crippen molar-refractivity contribution < 1.29 is 9.53 Å². The van der Waals surface area contributed by atoms with E-state index in [1.807, 2.05) is 0 Å². The molecule has 68 valence electrons. The standard InChI is InChI=1S/C10H16O2/c1-9(5-6-11)8-10-4-2-3-7-12-10/h6,10H,1-5,7-8H2. The van der Waals surface area contributed by atoms with E-state index in [0.29, 0.717) is 12.5 Å². The summed E-state index contributed by atoms with van der Waals surface area (Å²) in [6, 6.07) is 0. The van der Waals surface area contributed by atoms with Crippen molar-refractivity contribution in [2.75, 3.05) is 6.61 Å². The quantitative estimate of drug-likeness (QED) is 0.474. The highest BCUT2D eigenvalue weighted by Gasteiger charge is 2.14. The van der Waals surface area contributed by atoms with Crippen molar-refractivity contribution in [2.24, 2.45) is 0 Å². The summed E-state index contributed by atoms with van der Waals surface area (Å²) in [5.74, 6) is 0. The molecule has 2 heteroatoms. The van der Waals surface area contributed by atoms with Crippen LogP contribution in [0.3, 0.4) is 0 Å². The summed E-state index contributed by atoms with van der Waals surface area (Å²) in [4.78, 5) is 10.2. The first-order valence-electron chi connectivity index (χ1n) is 4.55. The predicted octanol–water partition coefficient (Wildman–Crippen LogP) is 2.09. The monoisotopic (exact) mass is 168 g/mol. The molecule has 1 aliphatic rings. The molecular weight excluding hydrogens is 152 g/mol. The smallest absolute Gasteiger partial charge is 0.124 e. The summed E-state index contributed by atoms with van der Waals surface area (Å²) in [7, 11) is 0. The van der Waals surface area contributed by atoms with E-state index in [1.54, 1.807) is 0 Å². The van der Waals surface area contributed by atoms with E-state index >= 15 is 0 Å². The zero-order valence-electron chi connectivity index (χ0n) is 7.42.